The first-order valence-corrected chi connectivity index (χ1v) is 8.93. The molecule has 0 saturated heterocycles. The molecule has 124 valence electrons. The van der Waals surface area contributed by atoms with Crippen LogP contribution in [0.15, 0.2) is 30.6 Å². The van der Waals surface area contributed by atoms with Crippen molar-refractivity contribution in [3.8, 4) is 0 Å². The van der Waals surface area contributed by atoms with Crippen LogP contribution in [-0.4, -0.2) is 35.6 Å². The molecule has 0 saturated carbocycles. The number of aryl methyl sites for hydroxylation is 2. The standard InChI is InChI=1S/C15H18FN3O3S/c1-3-23(21,22)7-6-19-10-13(9-17-19)18-15(20)12-5-4-11(2)14(16)8-12/h4-5,8-10H,3,6-7H2,1-2H3,(H,18,20). The molecule has 23 heavy (non-hydrogen) atoms. The number of amides is 1. The SMILES string of the molecule is CCS(=O)(=O)CCn1cc(NC(=O)c2ccc(C)c(F)c2)cn1. The molecule has 0 aliphatic heterocycles. The number of hydrogen-bond donors (Lipinski definition) is 1. The van der Waals surface area contributed by atoms with Crippen LogP contribution in [0.1, 0.15) is 22.8 Å². The Morgan fingerprint density at radius 1 is 1.39 bits per heavy atom. The van der Waals surface area contributed by atoms with Gasteiger partial charge in [0.2, 0.25) is 0 Å². The van der Waals surface area contributed by atoms with Gasteiger partial charge in [0.1, 0.15) is 5.82 Å². The van der Waals surface area contributed by atoms with E-state index in [0.29, 0.717) is 11.3 Å². The lowest BCUT2D eigenvalue weighted by Gasteiger charge is -2.04. The van der Waals surface area contributed by atoms with Crippen LogP contribution in [0.25, 0.3) is 0 Å². The van der Waals surface area contributed by atoms with Crippen molar-refractivity contribution < 1.29 is 17.6 Å². The van der Waals surface area contributed by atoms with E-state index in [4.69, 9.17) is 0 Å². The number of hydrogen-bond acceptors (Lipinski definition) is 4. The third kappa shape index (κ3) is 4.62. The number of benzene rings is 1. The lowest BCUT2D eigenvalue weighted by molar-refractivity contribution is 0.102. The first-order chi connectivity index (χ1) is 10.8. The predicted molar refractivity (Wildman–Crippen MR) is 85.6 cm³/mol. The van der Waals surface area contributed by atoms with Crippen LogP contribution in [0.2, 0.25) is 0 Å². The molecule has 2 rings (SSSR count). The number of halogens is 1. The van der Waals surface area contributed by atoms with Gasteiger partial charge >= 0.3 is 0 Å². The average molecular weight is 339 g/mol. The summed E-state index contributed by atoms with van der Waals surface area (Å²) in [6.45, 7) is 3.42. The minimum absolute atomic E-state index is 0.0122. The monoisotopic (exact) mass is 339 g/mol. The molecular formula is C15H18FN3O3S. The number of carbonyl (C=O) groups is 1. The van der Waals surface area contributed by atoms with Gasteiger partial charge in [0, 0.05) is 17.5 Å². The van der Waals surface area contributed by atoms with E-state index in [-0.39, 0.29) is 23.6 Å². The molecule has 1 amide bonds. The number of nitrogens with one attached hydrogen (secondary N) is 1. The summed E-state index contributed by atoms with van der Waals surface area (Å²) in [7, 11) is -3.07. The highest BCUT2D eigenvalue weighted by Crippen LogP contribution is 2.12. The Balaban J connectivity index is 2.01. The summed E-state index contributed by atoms with van der Waals surface area (Å²) in [5.74, 6) is -0.832. The van der Waals surface area contributed by atoms with Crippen molar-refractivity contribution in [1.82, 2.24) is 9.78 Å². The molecule has 1 N–H and O–H groups in total. The van der Waals surface area contributed by atoms with Crippen molar-refractivity contribution in [3.63, 3.8) is 0 Å². The molecule has 1 heterocycles. The predicted octanol–water partition coefficient (Wildman–Crippen LogP) is 2.02. The maximum absolute atomic E-state index is 13.5. The van der Waals surface area contributed by atoms with Gasteiger partial charge in [0.15, 0.2) is 9.84 Å². The second-order valence-corrected chi connectivity index (χ2v) is 7.62. The fourth-order valence-electron chi connectivity index (χ4n) is 1.86. The van der Waals surface area contributed by atoms with E-state index in [1.807, 2.05) is 0 Å². The zero-order chi connectivity index (χ0) is 17.0. The van der Waals surface area contributed by atoms with Gasteiger partial charge in [-0.1, -0.05) is 13.0 Å². The Morgan fingerprint density at radius 3 is 2.78 bits per heavy atom. The molecule has 0 spiro atoms. The molecule has 0 atom stereocenters. The van der Waals surface area contributed by atoms with Crippen molar-refractivity contribution in [2.75, 3.05) is 16.8 Å². The molecular weight excluding hydrogens is 321 g/mol. The van der Waals surface area contributed by atoms with Crippen LogP contribution in [0, 0.1) is 12.7 Å². The first kappa shape index (κ1) is 17.1. The van der Waals surface area contributed by atoms with E-state index in [2.05, 4.69) is 10.4 Å². The van der Waals surface area contributed by atoms with Crippen molar-refractivity contribution in [2.24, 2.45) is 0 Å². The van der Waals surface area contributed by atoms with Gasteiger partial charge in [-0.2, -0.15) is 5.10 Å². The highest BCUT2D eigenvalue weighted by atomic mass is 32.2. The van der Waals surface area contributed by atoms with Crippen LogP contribution in [0.4, 0.5) is 10.1 Å². The summed E-state index contributed by atoms with van der Waals surface area (Å²) >= 11 is 0. The molecule has 1 aromatic carbocycles. The number of nitrogens with zero attached hydrogens (tertiary/aromatic N) is 2. The highest BCUT2D eigenvalue weighted by molar-refractivity contribution is 7.91. The third-order valence-electron chi connectivity index (χ3n) is 3.40. The lowest BCUT2D eigenvalue weighted by Crippen LogP contribution is -2.15. The van der Waals surface area contributed by atoms with Crippen molar-refractivity contribution >= 4 is 21.4 Å². The average Bonchev–Trinajstić information content (AvgIpc) is 2.95. The van der Waals surface area contributed by atoms with E-state index in [9.17, 15) is 17.6 Å². The largest absolute Gasteiger partial charge is 0.319 e. The Hall–Kier alpha value is -2.22. The summed E-state index contributed by atoms with van der Waals surface area (Å²) < 4.78 is 37.8. The fourth-order valence-corrected chi connectivity index (χ4v) is 2.62. The van der Waals surface area contributed by atoms with Crippen LogP contribution in [0.3, 0.4) is 0 Å². The summed E-state index contributed by atoms with van der Waals surface area (Å²) in [6.07, 6.45) is 2.95. The molecule has 8 heteroatoms. The number of rotatable bonds is 6. The minimum Gasteiger partial charge on any atom is -0.319 e. The second-order valence-electron chi connectivity index (χ2n) is 5.15. The van der Waals surface area contributed by atoms with Crippen LogP contribution < -0.4 is 5.32 Å². The van der Waals surface area contributed by atoms with Gasteiger partial charge in [-0.25, -0.2) is 12.8 Å². The molecule has 6 nitrogen and oxygen atoms in total. The van der Waals surface area contributed by atoms with Crippen molar-refractivity contribution in [2.45, 2.75) is 20.4 Å². The van der Waals surface area contributed by atoms with E-state index in [1.54, 1.807) is 13.8 Å². The topological polar surface area (TPSA) is 81.1 Å². The Kier molecular flexibility index (Phi) is 5.15. The maximum atomic E-state index is 13.5. The number of carbonyl (C=O) groups excluding carboxylic acids is 1. The smallest absolute Gasteiger partial charge is 0.255 e. The highest BCUT2D eigenvalue weighted by Gasteiger charge is 2.11. The molecule has 1 aromatic heterocycles. The van der Waals surface area contributed by atoms with E-state index in [0.717, 1.165) is 0 Å². The normalized spacial score (nSPS) is 11.4. The van der Waals surface area contributed by atoms with Crippen molar-refractivity contribution in [1.29, 1.82) is 0 Å². The molecule has 0 fully saturated rings. The molecule has 2 aromatic rings. The van der Waals surface area contributed by atoms with Gasteiger partial charge in [0.25, 0.3) is 5.91 Å². The van der Waals surface area contributed by atoms with Crippen LogP contribution in [-0.2, 0) is 16.4 Å². The lowest BCUT2D eigenvalue weighted by atomic mass is 10.1. The number of anilines is 1. The summed E-state index contributed by atoms with van der Waals surface area (Å²) in [5.41, 5.74) is 1.09. The Morgan fingerprint density at radius 2 is 2.13 bits per heavy atom. The van der Waals surface area contributed by atoms with Crippen molar-refractivity contribution in [3.05, 3.63) is 47.5 Å². The van der Waals surface area contributed by atoms with Gasteiger partial charge in [0.05, 0.1) is 24.2 Å². The molecule has 0 aliphatic rings. The van der Waals surface area contributed by atoms with Crippen LogP contribution in [0.5, 0.6) is 0 Å². The van der Waals surface area contributed by atoms with E-state index < -0.39 is 21.6 Å². The quantitative estimate of drug-likeness (QED) is 0.873. The van der Waals surface area contributed by atoms with Gasteiger partial charge in [-0.15, -0.1) is 0 Å². The summed E-state index contributed by atoms with van der Waals surface area (Å²) in [4.78, 5) is 12.0. The summed E-state index contributed by atoms with van der Waals surface area (Å²) in [6, 6.07) is 4.23. The molecule has 0 bridgehead atoms. The Labute approximate surface area is 134 Å². The Bertz CT molecular complexity index is 815. The van der Waals surface area contributed by atoms with Gasteiger partial charge < -0.3 is 5.32 Å². The van der Waals surface area contributed by atoms with E-state index >= 15 is 0 Å². The third-order valence-corrected chi connectivity index (χ3v) is 5.08. The first-order valence-electron chi connectivity index (χ1n) is 7.11. The molecule has 0 aliphatic carbocycles. The second kappa shape index (κ2) is 6.91. The molecule has 0 radical (unpaired) electrons. The fraction of sp³-hybridized carbons (Fsp3) is 0.333. The minimum atomic E-state index is -3.07. The molecule has 0 unspecified atom stereocenters. The van der Waals surface area contributed by atoms with Gasteiger partial charge in [-0.05, 0) is 24.6 Å². The maximum Gasteiger partial charge on any atom is 0.255 e. The van der Waals surface area contributed by atoms with Crippen LogP contribution >= 0.6 is 0 Å². The zero-order valence-electron chi connectivity index (χ0n) is 12.9. The van der Waals surface area contributed by atoms with Gasteiger partial charge in [-0.3, -0.25) is 9.48 Å². The number of sulfone groups is 1. The van der Waals surface area contributed by atoms with E-state index in [1.165, 1.54) is 35.3 Å². The zero-order valence-corrected chi connectivity index (χ0v) is 13.7. The summed E-state index contributed by atoms with van der Waals surface area (Å²) in [5, 5.41) is 6.59. The number of aromatic nitrogens is 2.